The van der Waals surface area contributed by atoms with Crippen molar-refractivity contribution in [3.8, 4) is 0 Å². The van der Waals surface area contributed by atoms with Gasteiger partial charge in [0, 0.05) is 10.2 Å². The number of nitrogen functional groups attached to an aromatic ring is 1. The number of halogens is 1. The van der Waals surface area contributed by atoms with Crippen molar-refractivity contribution in [1.82, 2.24) is 0 Å². The van der Waals surface area contributed by atoms with E-state index in [-0.39, 0.29) is 0 Å². The summed E-state index contributed by atoms with van der Waals surface area (Å²) < 4.78 is 5.76. The number of ether oxygens (including phenoxy) is 1. The molecule has 2 rings (SSSR count). The maximum absolute atomic E-state index is 11.8. The van der Waals surface area contributed by atoms with Gasteiger partial charge in [0.15, 0.2) is 0 Å². The zero-order chi connectivity index (χ0) is 14.7. The van der Waals surface area contributed by atoms with Crippen LogP contribution < -0.4 is 11.1 Å². The van der Waals surface area contributed by atoms with Gasteiger partial charge in [0.1, 0.15) is 0 Å². The summed E-state index contributed by atoms with van der Waals surface area (Å²) in [6.07, 6.45) is 0. The normalized spacial score (nSPS) is 10.2. The number of rotatable bonds is 3. The molecule has 0 unspecified atom stereocenters. The number of methoxy groups -OCH3 is 1. The number of para-hydroxylation sites is 1. The molecule has 0 amide bonds. The lowest BCUT2D eigenvalue weighted by atomic mass is 10.1. The lowest BCUT2D eigenvalue weighted by molar-refractivity contribution is 0.0602. The molecule has 0 fully saturated rings. The van der Waals surface area contributed by atoms with Crippen molar-refractivity contribution in [2.24, 2.45) is 0 Å². The van der Waals surface area contributed by atoms with E-state index >= 15 is 0 Å². The van der Waals surface area contributed by atoms with Gasteiger partial charge in [-0.1, -0.05) is 28.1 Å². The van der Waals surface area contributed by atoms with Gasteiger partial charge in [0.05, 0.1) is 24.0 Å². The van der Waals surface area contributed by atoms with Crippen LogP contribution in [0.25, 0.3) is 0 Å². The van der Waals surface area contributed by atoms with Crippen LogP contribution in [0.15, 0.2) is 40.9 Å². The van der Waals surface area contributed by atoms with Crippen molar-refractivity contribution in [2.75, 3.05) is 18.2 Å². The van der Waals surface area contributed by atoms with Crippen molar-refractivity contribution >= 4 is 39.0 Å². The van der Waals surface area contributed by atoms with Gasteiger partial charge in [0.25, 0.3) is 0 Å². The Morgan fingerprint density at radius 1 is 1.25 bits per heavy atom. The third-order valence-electron chi connectivity index (χ3n) is 3.03. The highest BCUT2D eigenvalue weighted by Gasteiger charge is 2.15. The molecule has 0 aromatic heterocycles. The highest BCUT2D eigenvalue weighted by Crippen LogP contribution is 2.31. The average molecular weight is 335 g/mol. The largest absolute Gasteiger partial charge is 0.465 e. The molecule has 2 aromatic rings. The fourth-order valence-corrected chi connectivity index (χ4v) is 2.23. The minimum Gasteiger partial charge on any atom is -0.465 e. The van der Waals surface area contributed by atoms with Crippen LogP contribution in [0.5, 0.6) is 0 Å². The lowest BCUT2D eigenvalue weighted by Crippen LogP contribution is -2.08. The zero-order valence-electron chi connectivity index (χ0n) is 11.2. The van der Waals surface area contributed by atoms with Crippen molar-refractivity contribution in [3.05, 3.63) is 52.0 Å². The Morgan fingerprint density at radius 2 is 1.95 bits per heavy atom. The van der Waals surface area contributed by atoms with E-state index in [1.165, 1.54) is 7.11 Å². The number of hydrogen-bond donors (Lipinski definition) is 2. The number of benzene rings is 2. The minimum absolute atomic E-state index is 0.409. The Morgan fingerprint density at radius 3 is 2.65 bits per heavy atom. The van der Waals surface area contributed by atoms with Crippen molar-refractivity contribution in [3.63, 3.8) is 0 Å². The average Bonchev–Trinajstić information content (AvgIpc) is 2.45. The van der Waals surface area contributed by atoms with Crippen molar-refractivity contribution < 1.29 is 9.53 Å². The Balaban J connectivity index is 2.48. The molecule has 0 saturated carbocycles. The molecule has 0 bridgehead atoms. The highest BCUT2D eigenvalue weighted by molar-refractivity contribution is 9.10. The van der Waals surface area contributed by atoms with E-state index < -0.39 is 5.97 Å². The molecule has 3 N–H and O–H groups in total. The summed E-state index contributed by atoms with van der Waals surface area (Å²) >= 11 is 3.48. The van der Waals surface area contributed by atoms with Crippen molar-refractivity contribution in [2.45, 2.75) is 6.92 Å². The zero-order valence-corrected chi connectivity index (χ0v) is 12.8. The Hall–Kier alpha value is -2.01. The molecule has 2 aromatic carbocycles. The van der Waals surface area contributed by atoms with Crippen LogP contribution in [0.1, 0.15) is 15.9 Å². The SMILES string of the molecule is COC(=O)c1cccc(N)c1Nc1cccc(Br)c1C. The van der Waals surface area contributed by atoms with Gasteiger partial charge < -0.3 is 15.8 Å². The number of carbonyl (C=O) groups is 1. The van der Waals surface area contributed by atoms with E-state index in [2.05, 4.69) is 21.2 Å². The van der Waals surface area contributed by atoms with Gasteiger partial charge >= 0.3 is 5.97 Å². The molecule has 0 atom stereocenters. The third-order valence-corrected chi connectivity index (χ3v) is 3.89. The summed E-state index contributed by atoms with van der Waals surface area (Å²) in [4.78, 5) is 11.8. The first-order valence-corrected chi connectivity index (χ1v) is 6.83. The summed E-state index contributed by atoms with van der Waals surface area (Å²) in [6.45, 7) is 1.98. The van der Waals surface area contributed by atoms with Gasteiger partial charge in [-0.25, -0.2) is 4.79 Å². The molecular weight excluding hydrogens is 320 g/mol. The van der Waals surface area contributed by atoms with Crippen LogP contribution in [0, 0.1) is 6.92 Å². The Bertz CT molecular complexity index is 656. The molecule has 4 nitrogen and oxygen atoms in total. The van der Waals surface area contributed by atoms with E-state index in [0.717, 1.165) is 15.7 Å². The number of esters is 1. The summed E-state index contributed by atoms with van der Waals surface area (Å²) in [6, 6.07) is 10.9. The maximum atomic E-state index is 11.8. The Labute approximate surface area is 126 Å². The monoisotopic (exact) mass is 334 g/mol. The molecule has 0 saturated heterocycles. The Kier molecular flexibility index (Phi) is 4.29. The van der Waals surface area contributed by atoms with Crippen LogP contribution in [-0.2, 0) is 4.74 Å². The van der Waals surface area contributed by atoms with Crippen LogP contribution >= 0.6 is 15.9 Å². The molecular formula is C15H15BrN2O2. The number of carbonyl (C=O) groups excluding carboxylic acids is 1. The minimum atomic E-state index is -0.424. The number of anilines is 3. The molecule has 0 radical (unpaired) electrons. The number of nitrogens with one attached hydrogen (secondary N) is 1. The topological polar surface area (TPSA) is 64.3 Å². The maximum Gasteiger partial charge on any atom is 0.340 e. The van der Waals surface area contributed by atoms with Gasteiger partial charge in [-0.2, -0.15) is 0 Å². The second-order valence-corrected chi connectivity index (χ2v) is 5.15. The van der Waals surface area contributed by atoms with Gasteiger partial charge in [-0.05, 0) is 36.8 Å². The smallest absolute Gasteiger partial charge is 0.340 e. The predicted molar refractivity (Wildman–Crippen MR) is 84.4 cm³/mol. The van der Waals surface area contributed by atoms with Crippen LogP contribution in [-0.4, -0.2) is 13.1 Å². The lowest BCUT2D eigenvalue weighted by Gasteiger charge is -2.15. The fourth-order valence-electron chi connectivity index (χ4n) is 1.87. The van der Waals surface area contributed by atoms with E-state index in [9.17, 15) is 4.79 Å². The second-order valence-electron chi connectivity index (χ2n) is 4.30. The molecule has 5 heteroatoms. The first-order valence-electron chi connectivity index (χ1n) is 6.03. The summed E-state index contributed by atoms with van der Waals surface area (Å²) in [5.74, 6) is -0.424. The number of nitrogens with two attached hydrogens (primary N) is 1. The molecule has 0 aliphatic rings. The van der Waals surface area contributed by atoms with Crippen LogP contribution in [0.3, 0.4) is 0 Å². The van der Waals surface area contributed by atoms with Gasteiger partial charge in [-0.3, -0.25) is 0 Å². The summed E-state index contributed by atoms with van der Waals surface area (Å²) in [5.41, 5.74) is 9.34. The third kappa shape index (κ3) is 2.77. The molecule has 20 heavy (non-hydrogen) atoms. The van der Waals surface area contributed by atoms with E-state index in [1.807, 2.05) is 25.1 Å². The van der Waals surface area contributed by atoms with Gasteiger partial charge in [0.2, 0.25) is 0 Å². The van der Waals surface area contributed by atoms with E-state index in [4.69, 9.17) is 10.5 Å². The molecule has 0 spiro atoms. The quantitative estimate of drug-likeness (QED) is 0.660. The van der Waals surface area contributed by atoms with Crippen molar-refractivity contribution in [1.29, 1.82) is 0 Å². The van der Waals surface area contributed by atoms with Gasteiger partial charge in [-0.15, -0.1) is 0 Å². The van der Waals surface area contributed by atoms with Crippen LogP contribution in [0.4, 0.5) is 17.1 Å². The first kappa shape index (κ1) is 14.4. The predicted octanol–water partition coefficient (Wildman–Crippen LogP) is 3.87. The second kappa shape index (κ2) is 5.96. The summed E-state index contributed by atoms with van der Waals surface area (Å²) in [5, 5.41) is 3.21. The first-order chi connectivity index (χ1) is 9.54. The standard InChI is InChI=1S/C15H15BrN2O2/c1-9-11(16)6-4-8-13(9)18-14-10(15(19)20-2)5-3-7-12(14)17/h3-8,18H,17H2,1-2H3. The molecule has 104 valence electrons. The number of hydrogen-bond acceptors (Lipinski definition) is 4. The fraction of sp³-hybridized carbons (Fsp3) is 0.133. The highest BCUT2D eigenvalue weighted by atomic mass is 79.9. The molecule has 0 heterocycles. The summed E-state index contributed by atoms with van der Waals surface area (Å²) in [7, 11) is 1.35. The molecule has 0 aliphatic heterocycles. The van der Waals surface area contributed by atoms with E-state index in [1.54, 1.807) is 18.2 Å². The molecule has 0 aliphatic carbocycles. The van der Waals surface area contributed by atoms with E-state index in [0.29, 0.717) is 16.9 Å². The van der Waals surface area contributed by atoms with Crippen LogP contribution in [0.2, 0.25) is 0 Å².